The third-order valence-corrected chi connectivity index (χ3v) is 7.39. The molecule has 0 saturated heterocycles. The number of carbonyl (C=O) groups is 1. The third-order valence-electron chi connectivity index (χ3n) is 7.39. The van der Waals surface area contributed by atoms with E-state index in [0.29, 0.717) is 5.41 Å². The number of hydrogen-bond donors (Lipinski definition) is 0. The summed E-state index contributed by atoms with van der Waals surface area (Å²) in [6, 6.07) is 8.81. The lowest BCUT2D eigenvalue weighted by molar-refractivity contribution is -0.144. The highest BCUT2D eigenvalue weighted by atomic mass is 16.5. The molecule has 3 nitrogen and oxygen atoms in total. The molecule has 0 amide bonds. The highest BCUT2D eigenvalue weighted by Crippen LogP contribution is 2.60. The van der Waals surface area contributed by atoms with Crippen LogP contribution in [0.3, 0.4) is 0 Å². The van der Waals surface area contributed by atoms with E-state index in [-0.39, 0.29) is 11.9 Å². The van der Waals surface area contributed by atoms with Gasteiger partial charge < -0.3 is 9.64 Å². The smallest absolute Gasteiger partial charge is 0.308 e. The van der Waals surface area contributed by atoms with Crippen LogP contribution in [0.5, 0.6) is 0 Å². The maximum absolute atomic E-state index is 11.6. The van der Waals surface area contributed by atoms with Gasteiger partial charge in [0.15, 0.2) is 0 Å². The lowest BCUT2D eigenvalue weighted by Crippen LogP contribution is -2.50. The fourth-order valence-corrected chi connectivity index (χ4v) is 6.84. The zero-order chi connectivity index (χ0) is 19.0. The Labute approximate surface area is 164 Å². The number of benzene rings is 1. The third kappa shape index (κ3) is 4.23. The van der Waals surface area contributed by atoms with Crippen LogP contribution < -0.4 is 0 Å². The molecule has 5 rings (SSSR count). The first-order chi connectivity index (χ1) is 12.9. The van der Waals surface area contributed by atoms with Crippen LogP contribution >= 0.6 is 0 Å². The van der Waals surface area contributed by atoms with Crippen LogP contribution in [0.4, 0.5) is 0 Å². The Morgan fingerprint density at radius 3 is 2.11 bits per heavy atom. The molecule has 4 fully saturated rings. The average molecular weight is 370 g/mol. The molecule has 1 aromatic rings. The molecule has 0 heterocycles. The Hall–Kier alpha value is -1.35. The SMILES string of the molecule is COC(=O)C(C)Cc1ccc(CN(C)CC23CC4CC(CC(C4)C2)C3)cc1. The second kappa shape index (κ2) is 7.58. The number of carbonyl (C=O) groups excluding carboxylic acids is 1. The highest BCUT2D eigenvalue weighted by molar-refractivity contribution is 5.72. The van der Waals surface area contributed by atoms with Crippen molar-refractivity contribution in [3.05, 3.63) is 35.4 Å². The first-order valence-corrected chi connectivity index (χ1v) is 10.8. The molecule has 1 unspecified atom stereocenters. The zero-order valence-corrected chi connectivity index (χ0v) is 17.2. The van der Waals surface area contributed by atoms with E-state index in [1.165, 1.54) is 63.3 Å². The van der Waals surface area contributed by atoms with Gasteiger partial charge in [0.05, 0.1) is 13.0 Å². The van der Waals surface area contributed by atoms with Crippen LogP contribution in [0.15, 0.2) is 24.3 Å². The molecule has 0 spiro atoms. The zero-order valence-electron chi connectivity index (χ0n) is 17.2. The molecular weight excluding hydrogens is 334 g/mol. The molecule has 4 bridgehead atoms. The summed E-state index contributed by atoms with van der Waals surface area (Å²) in [5.74, 6) is 2.87. The van der Waals surface area contributed by atoms with E-state index in [1.807, 2.05) is 6.92 Å². The van der Waals surface area contributed by atoms with Crippen LogP contribution in [-0.4, -0.2) is 31.6 Å². The Morgan fingerprint density at radius 1 is 1.07 bits per heavy atom. The summed E-state index contributed by atoms with van der Waals surface area (Å²) in [7, 11) is 3.76. The van der Waals surface area contributed by atoms with Gasteiger partial charge in [0.2, 0.25) is 0 Å². The minimum absolute atomic E-state index is 0.0837. The van der Waals surface area contributed by atoms with Crippen molar-refractivity contribution < 1.29 is 9.53 Å². The summed E-state index contributed by atoms with van der Waals surface area (Å²) in [4.78, 5) is 14.2. The minimum atomic E-state index is -0.130. The second-order valence-electron chi connectivity index (χ2n) is 10.0. The summed E-state index contributed by atoms with van der Waals surface area (Å²) >= 11 is 0. The van der Waals surface area contributed by atoms with E-state index < -0.39 is 0 Å². The Bertz CT molecular complexity index is 630. The van der Waals surface area contributed by atoms with E-state index in [1.54, 1.807) is 0 Å². The number of ether oxygens (including phenoxy) is 1. The van der Waals surface area contributed by atoms with Gasteiger partial charge >= 0.3 is 5.97 Å². The minimum Gasteiger partial charge on any atom is -0.469 e. The summed E-state index contributed by atoms with van der Waals surface area (Å²) in [6.45, 7) is 4.21. The van der Waals surface area contributed by atoms with Crippen molar-refractivity contribution >= 4 is 5.97 Å². The van der Waals surface area contributed by atoms with E-state index in [0.717, 1.165) is 30.7 Å². The normalized spacial score (nSPS) is 32.7. The number of rotatable bonds is 7. The monoisotopic (exact) mass is 369 g/mol. The lowest BCUT2D eigenvalue weighted by Gasteiger charge is -2.57. The van der Waals surface area contributed by atoms with Crippen LogP contribution in [0, 0.1) is 29.1 Å². The van der Waals surface area contributed by atoms with E-state index in [9.17, 15) is 4.79 Å². The Kier molecular flexibility index (Phi) is 5.33. The predicted molar refractivity (Wildman–Crippen MR) is 108 cm³/mol. The number of methoxy groups -OCH3 is 1. The maximum atomic E-state index is 11.6. The number of esters is 1. The van der Waals surface area contributed by atoms with Gasteiger partial charge in [-0.05, 0) is 86.3 Å². The fourth-order valence-electron chi connectivity index (χ4n) is 6.84. The summed E-state index contributed by atoms with van der Waals surface area (Å²) in [5.41, 5.74) is 3.19. The topological polar surface area (TPSA) is 29.5 Å². The summed E-state index contributed by atoms with van der Waals surface area (Å²) < 4.78 is 4.83. The van der Waals surface area contributed by atoms with Crippen LogP contribution in [0.25, 0.3) is 0 Å². The van der Waals surface area contributed by atoms with Crippen molar-refractivity contribution in [1.82, 2.24) is 4.90 Å². The van der Waals surface area contributed by atoms with E-state index in [4.69, 9.17) is 4.74 Å². The largest absolute Gasteiger partial charge is 0.469 e. The van der Waals surface area contributed by atoms with Crippen molar-refractivity contribution in [3.63, 3.8) is 0 Å². The summed E-state index contributed by atoms with van der Waals surface area (Å²) in [5, 5.41) is 0. The molecule has 27 heavy (non-hydrogen) atoms. The first kappa shape index (κ1) is 19.0. The quantitative estimate of drug-likeness (QED) is 0.653. The van der Waals surface area contributed by atoms with Gasteiger partial charge in [-0.2, -0.15) is 0 Å². The van der Waals surface area contributed by atoms with Gasteiger partial charge in [-0.25, -0.2) is 0 Å². The molecule has 148 valence electrons. The molecule has 0 radical (unpaired) electrons. The van der Waals surface area contributed by atoms with Crippen molar-refractivity contribution in [3.8, 4) is 0 Å². The van der Waals surface area contributed by atoms with Crippen molar-refractivity contribution in [2.45, 2.75) is 58.4 Å². The van der Waals surface area contributed by atoms with Crippen LogP contribution in [0.1, 0.15) is 56.6 Å². The molecule has 4 aliphatic carbocycles. The molecule has 1 aromatic carbocycles. The van der Waals surface area contributed by atoms with E-state index >= 15 is 0 Å². The first-order valence-electron chi connectivity index (χ1n) is 10.8. The molecule has 3 heteroatoms. The Morgan fingerprint density at radius 2 is 1.59 bits per heavy atom. The van der Waals surface area contributed by atoms with Gasteiger partial charge in [0, 0.05) is 13.1 Å². The molecular formula is C24H35NO2. The fraction of sp³-hybridized carbons (Fsp3) is 0.708. The van der Waals surface area contributed by atoms with Gasteiger partial charge in [-0.1, -0.05) is 31.2 Å². The molecule has 4 aliphatic rings. The van der Waals surface area contributed by atoms with Gasteiger partial charge in [0.25, 0.3) is 0 Å². The standard InChI is InChI=1S/C24H35NO2/c1-17(23(26)27-3)8-18-4-6-19(7-5-18)15-25(2)16-24-12-20-9-21(13-24)11-22(10-20)14-24/h4-7,17,20-22H,8-16H2,1-3H3. The van der Waals surface area contributed by atoms with Gasteiger partial charge in [-0.3, -0.25) is 4.79 Å². The van der Waals surface area contributed by atoms with Crippen LogP contribution in [-0.2, 0) is 22.5 Å². The molecule has 0 N–H and O–H groups in total. The molecule has 4 saturated carbocycles. The second-order valence-corrected chi connectivity index (χ2v) is 10.0. The Balaban J connectivity index is 1.32. The van der Waals surface area contributed by atoms with Crippen molar-refractivity contribution in [2.24, 2.45) is 29.1 Å². The number of nitrogens with zero attached hydrogens (tertiary/aromatic N) is 1. The molecule has 0 aliphatic heterocycles. The molecule has 1 atom stereocenters. The van der Waals surface area contributed by atoms with Gasteiger partial charge in [0.1, 0.15) is 0 Å². The molecule has 0 aromatic heterocycles. The highest BCUT2D eigenvalue weighted by Gasteiger charge is 2.50. The number of hydrogen-bond acceptors (Lipinski definition) is 3. The van der Waals surface area contributed by atoms with Gasteiger partial charge in [-0.15, -0.1) is 0 Å². The van der Waals surface area contributed by atoms with Crippen molar-refractivity contribution in [1.29, 1.82) is 0 Å². The predicted octanol–water partition coefficient (Wildman–Crippen LogP) is 4.69. The summed E-state index contributed by atoms with van der Waals surface area (Å²) in [6.07, 6.45) is 9.75. The lowest BCUT2D eigenvalue weighted by atomic mass is 9.49. The van der Waals surface area contributed by atoms with Crippen LogP contribution in [0.2, 0.25) is 0 Å². The maximum Gasteiger partial charge on any atom is 0.308 e. The van der Waals surface area contributed by atoms with Crippen molar-refractivity contribution in [2.75, 3.05) is 20.7 Å². The average Bonchev–Trinajstić information content (AvgIpc) is 2.60. The van der Waals surface area contributed by atoms with E-state index in [2.05, 4.69) is 36.2 Å².